The highest BCUT2D eigenvalue weighted by Crippen LogP contribution is 2.31. The molecule has 0 bridgehead atoms. The first-order valence-corrected chi connectivity index (χ1v) is 4.90. The number of aromatic nitrogens is 2. The molecule has 18 heavy (non-hydrogen) atoms. The van der Waals surface area contributed by atoms with E-state index in [-0.39, 0.29) is 16.9 Å². The summed E-state index contributed by atoms with van der Waals surface area (Å²) in [7, 11) is 0. The zero-order valence-electron chi connectivity index (χ0n) is 8.95. The van der Waals surface area contributed by atoms with Gasteiger partial charge in [-0.25, -0.2) is 0 Å². The molecule has 0 saturated carbocycles. The van der Waals surface area contributed by atoms with Crippen LogP contribution in [0, 0.1) is 0 Å². The zero-order chi connectivity index (χ0) is 13.3. The van der Waals surface area contributed by atoms with Crippen molar-refractivity contribution in [3.63, 3.8) is 0 Å². The van der Waals surface area contributed by atoms with Crippen molar-refractivity contribution in [1.82, 2.24) is 10.2 Å². The van der Waals surface area contributed by atoms with Gasteiger partial charge in [0.25, 0.3) is 0 Å². The highest BCUT2D eigenvalue weighted by atomic mass is 19.4. The molecule has 1 aromatic carbocycles. The monoisotopic (exact) mass is 255 g/mol. The summed E-state index contributed by atoms with van der Waals surface area (Å²) in [5, 5.41) is 5.95. The lowest BCUT2D eigenvalue weighted by molar-refractivity contribution is -0.137. The van der Waals surface area contributed by atoms with Gasteiger partial charge in [-0.1, -0.05) is 0 Å². The van der Waals surface area contributed by atoms with Gasteiger partial charge in [0.15, 0.2) is 0 Å². The summed E-state index contributed by atoms with van der Waals surface area (Å²) < 4.78 is 37.6. The molecule has 4 nitrogen and oxygen atoms in total. The lowest BCUT2D eigenvalue weighted by Crippen LogP contribution is -2.11. The minimum absolute atomic E-state index is 0.0115. The number of nitrogen functional groups attached to an aromatic ring is 1. The Morgan fingerprint density at radius 2 is 2.00 bits per heavy atom. The van der Waals surface area contributed by atoms with E-state index in [1.165, 1.54) is 12.3 Å². The molecule has 0 aliphatic heterocycles. The van der Waals surface area contributed by atoms with Crippen molar-refractivity contribution in [1.29, 1.82) is 0 Å². The van der Waals surface area contributed by atoms with Gasteiger partial charge in [-0.3, -0.25) is 9.89 Å². The zero-order valence-corrected chi connectivity index (χ0v) is 8.95. The fraction of sp³-hybridized carbons (Fsp3) is 0.0909. The van der Waals surface area contributed by atoms with Crippen LogP contribution in [0.2, 0.25) is 0 Å². The topological polar surface area (TPSA) is 71.8 Å². The van der Waals surface area contributed by atoms with Gasteiger partial charge < -0.3 is 5.73 Å². The molecule has 0 amide bonds. The van der Waals surface area contributed by atoms with Gasteiger partial charge in [0, 0.05) is 17.4 Å². The number of benzene rings is 1. The number of rotatable bonds is 2. The van der Waals surface area contributed by atoms with Crippen molar-refractivity contribution >= 4 is 11.5 Å². The third-order valence-electron chi connectivity index (χ3n) is 2.37. The lowest BCUT2D eigenvalue weighted by atomic mass is 10.0. The van der Waals surface area contributed by atoms with E-state index in [2.05, 4.69) is 10.2 Å². The normalized spacial score (nSPS) is 11.5. The Balaban J connectivity index is 2.48. The van der Waals surface area contributed by atoms with Gasteiger partial charge in [0.2, 0.25) is 5.78 Å². The van der Waals surface area contributed by atoms with Crippen LogP contribution in [0.1, 0.15) is 21.6 Å². The summed E-state index contributed by atoms with van der Waals surface area (Å²) >= 11 is 0. The number of hydrogen-bond donors (Lipinski definition) is 2. The van der Waals surface area contributed by atoms with E-state index in [1.807, 2.05) is 0 Å². The van der Waals surface area contributed by atoms with E-state index in [0.717, 1.165) is 18.2 Å². The summed E-state index contributed by atoms with van der Waals surface area (Å²) in [6.07, 6.45) is -3.19. The molecule has 94 valence electrons. The molecule has 2 rings (SSSR count). The van der Waals surface area contributed by atoms with Crippen LogP contribution in [0.5, 0.6) is 0 Å². The second-order valence-corrected chi connectivity index (χ2v) is 3.60. The van der Waals surface area contributed by atoms with E-state index in [0.29, 0.717) is 0 Å². The summed E-state index contributed by atoms with van der Waals surface area (Å²) in [4.78, 5) is 11.9. The van der Waals surface area contributed by atoms with Gasteiger partial charge in [-0.05, 0) is 24.3 Å². The molecule has 0 radical (unpaired) electrons. The fourth-order valence-electron chi connectivity index (χ4n) is 1.46. The van der Waals surface area contributed by atoms with E-state index in [1.54, 1.807) is 0 Å². The van der Waals surface area contributed by atoms with Crippen molar-refractivity contribution in [2.75, 3.05) is 5.73 Å². The first kappa shape index (κ1) is 12.2. The first-order chi connectivity index (χ1) is 8.39. The van der Waals surface area contributed by atoms with E-state index < -0.39 is 17.5 Å². The average Bonchev–Trinajstić information content (AvgIpc) is 2.80. The van der Waals surface area contributed by atoms with Gasteiger partial charge in [-0.2, -0.15) is 18.3 Å². The molecule has 0 saturated heterocycles. The summed E-state index contributed by atoms with van der Waals surface area (Å²) in [6.45, 7) is 0. The van der Waals surface area contributed by atoms with Gasteiger partial charge in [0.05, 0.1) is 5.56 Å². The Labute approximate surface area is 99.6 Å². The third kappa shape index (κ3) is 2.20. The molecular weight excluding hydrogens is 247 g/mol. The van der Waals surface area contributed by atoms with E-state index in [4.69, 9.17) is 5.73 Å². The smallest absolute Gasteiger partial charge is 0.398 e. The number of halogens is 3. The summed E-state index contributed by atoms with van der Waals surface area (Å²) in [6, 6.07) is 3.99. The molecular formula is C11H8F3N3O. The van der Waals surface area contributed by atoms with Crippen molar-refractivity contribution in [3.8, 4) is 0 Å². The average molecular weight is 255 g/mol. The molecule has 0 aliphatic carbocycles. The molecule has 7 heteroatoms. The third-order valence-corrected chi connectivity index (χ3v) is 2.37. The largest absolute Gasteiger partial charge is 0.416 e. The number of hydrogen-bond acceptors (Lipinski definition) is 3. The van der Waals surface area contributed by atoms with Crippen molar-refractivity contribution in [2.45, 2.75) is 6.18 Å². The maximum absolute atomic E-state index is 12.5. The number of carbonyl (C=O) groups excluding carboxylic acids is 1. The Kier molecular flexibility index (Phi) is 2.82. The number of nitrogens with two attached hydrogens (primary N) is 1. The van der Waals surface area contributed by atoms with Gasteiger partial charge in [-0.15, -0.1) is 0 Å². The minimum atomic E-state index is -4.52. The predicted octanol–water partition coefficient (Wildman–Crippen LogP) is 2.24. The van der Waals surface area contributed by atoms with Crippen LogP contribution in [-0.2, 0) is 6.18 Å². The van der Waals surface area contributed by atoms with Gasteiger partial charge >= 0.3 is 6.18 Å². The van der Waals surface area contributed by atoms with Crippen molar-refractivity contribution in [2.24, 2.45) is 0 Å². The number of anilines is 1. The molecule has 0 aliphatic rings. The van der Waals surface area contributed by atoms with Crippen LogP contribution >= 0.6 is 0 Å². The van der Waals surface area contributed by atoms with Crippen molar-refractivity contribution < 1.29 is 18.0 Å². The minimum Gasteiger partial charge on any atom is -0.398 e. The van der Waals surface area contributed by atoms with Crippen LogP contribution < -0.4 is 5.73 Å². The molecule has 1 aromatic heterocycles. The van der Waals surface area contributed by atoms with E-state index >= 15 is 0 Å². The number of aromatic amines is 1. The molecule has 3 N–H and O–H groups in total. The van der Waals surface area contributed by atoms with Crippen LogP contribution in [-0.4, -0.2) is 16.0 Å². The van der Waals surface area contributed by atoms with Crippen LogP contribution in [0.25, 0.3) is 0 Å². The molecule has 0 fully saturated rings. The number of H-pyrrole nitrogens is 1. The number of nitrogens with zero attached hydrogens (tertiary/aromatic N) is 1. The number of nitrogens with one attached hydrogen (secondary N) is 1. The summed E-state index contributed by atoms with van der Waals surface area (Å²) in [5.41, 5.74) is 4.47. The second-order valence-electron chi connectivity index (χ2n) is 3.60. The molecule has 2 aromatic rings. The quantitative estimate of drug-likeness (QED) is 0.638. The molecule has 0 spiro atoms. The van der Waals surface area contributed by atoms with E-state index in [9.17, 15) is 18.0 Å². The molecule has 1 heterocycles. The Hall–Kier alpha value is -2.31. The second kappa shape index (κ2) is 4.17. The Morgan fingerprint density at radius 3 is 2.56 bits per heavy atom. The first-order valence-electron chi connectivity index (χ1n) is 4.90. The number of carbonyl (C=O) groups is 1. The van der Waals surface area contributed by atoms with Crippen LogP contribution in [0.4, 0.5) is 18.9 Å². The predicted molar refractivity (Wildman–Crippen MR) is 57.9 cm³/mol. The Bertz CT molecular complexity index is 576. The van der Waals surface area contributed by atoms with Crippen LogP contribution in [0.3, 0.4) is 0 Å². The number of ketones is 1. The summed E-state index contributed by atoms with van der Waals surface area (Å²) in [5.74, 6) is -0.629. The van der Waals surface area contributed by atoms with Crippen LogP contribution in [0.15, 0.2) is 30.5 Å². The SMILES string of the molecule is Nc1ccc(C(F)(F)F)cc1C(=O)c1ccn[nH]1. The molecule has 0 unspecified atom stereocenters. The standard InChI is InChI=1S/C11H8F3N3O/c12-11(13,14)6-1-2-8(15)7(5-6)10(18)9-3-4-16-17-9/h1-5H,15H2,(H,16,17). The van der Waals surface area contributed by atoms with Gasteiger partial charge in [0.1, 0.15) is 5.69 Å². The maximum atomic E-state index is 12.5. The fourth-order valence-corrected chi connectivity index (χ4v) is 1.46. The Morgan fingerprint density at radius 1 is 1.28 bits per heavy atom. The molecule has 0 atom stereocenters. The van der Waals surface area contributed by atoms with Crippen molar-refractivity contribution in [3.05, 3.63) is 47.3 Å². The highest BCUT2D eigenvalue weighted by Gasteiger charge is 2.31. The highest BCUT2D eigenvalue weighted by molar-refractivity contribution is 6.10. The lowest BCUT2D eigenvalue weighted by Gasteiger charge is -2.09. The maximum Gasteiger partial charge on any atom is 0.416 e. The number of alkyl halides is 3.